The van der Waals surface area contributed by atoms with Crippen LogP contribution in [-0.4, -0.2) is 39.6 Å². The Hall–Kier alpha value is -1.17. The minimum absolute atomic E-state index is 0.0394. The lowest BCUT2D eigenvalue weighted by atomic mass is 10.1. The lowest BCUT2D eigenvalue weighted by Gasteiger charge is -2.25. The highest BCUT2D eigenvalue weighted by atomic mass is 19.1. The fraction of sp³-hybridized carbons (Fsp3) is 0.571. The zero-order valence-electron chi connectivity index (χ0n) is 11.3. The van der Waals surface area contributed by atoms with E-state index < -0.39 is 0 Å². The van der Waals surface area contributed by atoms with Crippen LogP contribution in [0.2, 0.25) is 0 Å². The van der Waals surface area contributed by atoms with Crippen molar-refractivity contribution in [1.29, 1.82) is 0 Å². The molecule has 0 aliphatic carbocycles. The van der Waals surface area contributed by atoms with Gasteiger partial charge in [0.25, 0.3) is 0 Å². The molecule has 0 amide bonds. The molecule has 5 heteroatoms. The minimum atomic E-state index is -0.264. The van der Waals surface area contributed by atoms with Crippen LogP contribution in [0.4, 0.5) is 4.39 Å². The van der Waals surface area contributed by atoms with Crippen molar-refractivity contribution in [3.63, 3.8) is 0 Å². The first-order chi connectivity index (χ1) is 9.20. The van der Waals surface area contributed by atoms with E-state index in [4.69, 9.17) is 14.2 Å². The van der Waals surface area contributed by atoms with Gasteiger partial charge in [-0.2, -0.15) is 0 Å². The Bertz CT molecular complexity index is 408. The third-order valence-electron chi connectivity index (χ3n) is 3.21. The monoisotopic (exact) mass is 269 g/mol. The Morgan fingerprint density at radius 1 is 1.47 bits per heavy atom. The van der Waals surface area contributed by atoms with Gasteiger partial charge < -0.3 is 19.5 Å². The smallest absolute Gasteiger partial charge is 0.131 e. The highest BCUT2D eigenvalue weighted by molar-refractivity contribution is 5.30. The third kappa shape index (κ3) is 3.89. The molecule has 1 aromatic rings. The van der Waals surface area contributed by atoms with Crippen molar-refractivity contribution in [3.8, 4) is 5.75 Å². The molecule has 2 rings (SSSR count). The van der Waals surface area contributed by atoms with E-state index in [0.29, 0.717) is 37.7 Å². The molecule has 0 spiro atoms. The van der Waals surface area contributed by atoms with Gasteiger partial charge in [0.1, 0.15) is 11.6 Å². The molecule has 0 radical (unpaired) electrons. The number of nitrogens with one attached hydrogen (secondary N) is 1. The standard InChI is InChI=1S/C14H20FNO3/c1-10(16-8-12-9-18-5-6-19-12)13-4-3-11(17-2)7-14(13)15/h3-4,7,10,12,16H,5-6,8-9H2,1-2H3. The summed E-state index contributed by atoms with van der Waals surface area (Å²) in [4.78, 5) is 0. The van der Waals surface area contributed by atoms with Crippen LogP contribution in [0.5, 0.6) is 5.75 Å². The van der Waals surface area contributed by atoms with Crippen LogP contribution in [-0.2, 0) is 9.47 Å². The fourth-order valence-corrected chi connectivity index (χ4v) is 2.06. The second-order valence-corrected chi connectivity index (χ2v) is 4.59. The summed E-state index contributed by atoms with van der Waals surface area (Å²) in [5.41, 5.74) is 0.623. The molecule has 1 aliphatic rings. The van der Waals surface area contributed by atoms with E-state index >= 15 is 0 Å². The van der Waals surface area contributed by atoms with Gasteiger partial charge >= 0.3 is 0 Å². The van der Waals surface area contributed by atoms with Crippen LogP contribution in [0, 0.1) is 5.82 Å². The van der Waals surface area contributed by atoms with Crippen molar-refractivity contribution in [2.24, 2.45) is 0 Å². The average molecular weight is 269 g/mol. The first-order valence-electron chi connectivity index (χ1n) is 6.47. The molecule has 1 N–H and O–H groups in total. The third-order valence-corrected chi connectivity index (χ3v) is 3.21. The average Bonchev–Trinajstić information content (AvgIpc) is 2.45. The molecule has 2 atom stereocenters. The van der Waals surface area contributed by atoms with Crippen molar-refractivity contribution in [2.75, 3.05) is 33.5 Å². The Morgan fingerprint density at radius 2 is 2.32 bits per heavy atom. The zero-order chi connectivity index (χ0) is 13.7. The fourth-order valence-electron chi connectivity index (χ4n) is 2.06. The van der Waals surface area contributed by atoms with E-state index in [9.17, 15) is 4.39 Å². The Labute approximate surface area is 112 Å². The summed E-state index contributed by atoms with van der Waals surface area (Å²) in [6, 6.07) is 4.81. The van der Waals surface area contributed by atoms with Crippen LogP contribution < -0.4 is 10.1 Å². The van der Waals surface area contributed by atoms with Crippen molar-refractivity contribution < 1.29 is 18.6 Å². The van der Waals surface area contributed by atoms with E-state index in [1.807, 2.05) is 6.92 Å². The van der Waals surface area contributed by atoms with Crippen molar-refractivity contribution in [2.45, 2.75) is 19.1 Å². The normalized spacial score (nSPS) is 21.1. The summed E-state index contributed by atoms with van der Waals surface area (Å²) >= 11 is 0. The van der Waals surface area contributed by atoms with Crippen molar-refractivity contribution in [1.82, 2.24) is 5.32 Å². The SMILES string of the molecule is COc1ccc(C(C)NCC2COCCO2)c(F)c1. The molecular formula is C14H20FNO3. The van der Waals surface area contributed by atoms with Gasteiger partial charge in [0.15, 0.2) is 0 Å². The van der Waals surface area contributed by atoms with Gasteiger partial charge in [-0.15, -0.1) is 0 Å². The number of hydrogen-bond acceptors (Lipinski definition) is 4. The molecule has 0 aromatic heterocycles. The minimum Gasteiger partial charge on any atom is -0.497 e. The second kappa shape index (κ2) is 6.84. The summed E-state index contributed by atoms with van der Waals surface area (Å²) in [7, 11) is 1.52. The molecule has 0 saturated carbocycles. The molecule has 2 unspecified atom stereocenters. The molecule has 4 nitrogen and oxygen atoms in total. The molecule has 1 aliphatic heterocycles. The van der Waals surface area contributed by atoms with Crippen LogP contribution in [0.3, 0.4) is 0 Å². The van der Waals surface area contributed by atoms with Gasteiger partial charge in [-0.05, 0) is 13.0 Å². The second-order valence-electron chi connectivity index (χ2n) is 4.59. The first-order valence-corrected chi connectivity index (χ1v) is 6.47. The highest BCUT2D eigenvalue weighted by Gasteiger charge is 2.17. The molecule has 0 bridgehead atoms. The maximum absolute atomic E-state index is 13.9. The summed E-state index contributed by atoms with van der Waals surface area (Å²) in [6.45, 7) is 4.43. The summed E-state index contributed by atoms with van der Waals surface area (Å²) in [6.07, 6.45) is 0.0394. The number of rotatable bonds is 5. The van der Waals surface area contributed by atoms with E-state index in [-0.39, 0.29) is 18.0 Å². The lowest BCUT2D eigenvalue weighted by Crippen LogP contribution is -2.38. The van der Waals surface area contributed by atoms with Crippen molar-refractivity contribution in [3.05, 3.63) is 29.6 Å². The van der Waals surface area contributed by atoms with Gasteiger partial charge in [0, 0.05) is 24.2 Å². The quantitative estimate of drug-likeness (QED) is 0.886. The van der Waals surface area contributed by atoms with Gasteiger partial charge in [-0.1, -0.05) is 6.07 Å². The molecule has 1 saturated heterocycles. The molecule has 19 heavy (non-hydrogen) atoms. The number of benzene rings is 1. The first kappa shape index (κ1) is 14.2. The molecule has 1 heterocycles. The zero-order valence-corrected chi connectivity index (χ0v) is 11.3. The summed E-state index contributed by atoms with van der Waals surface area (Å²) in [5.74, 6) is 0.262. The van der Waals surface area contributed by atoms with Gasteiger partial charge in [-0.3, -0.25) is 0 Å². The summed E-state index contributed by atoms with van der Waals surface area (Å²) in [5, 5.41) is 3.26. The van der Waals surface area contributed by atoms with Gasteiger partial charge in [0.2, 0.25) is 0 Å². The largest absolute Gasteiger partial charge is 0.497 e. The van der Waals surface area contributed by atoms with Crippen LogP contribution in [0.1, 0.15) is 18.5 Å². The predicted molar refractivity (Wildman–Crippen MR) is 69.9 cm³/mol. The molecule has 1 fully saturated rings. The number of ether oxygens (including phenoxy) is 3. The van der Waals surface area contributed by atoms with Crippen LogP contribution in [0.25, 0.3) is 0 Å². The Kier molecular flexibility index (Phi) is 5.13. The number of methoxy groups -OCH3 is 1. The predicted octanol–water partition coefficient (Wildman–Crippen LogP) is 1.90. The van der Waals surface area contributed by atoms with Crippen LogP contribution >= 0.6 is 0 Å². The van der Waals surface area contributed by atoms with E-state index in [0.717, 1.165) is 0 Å². The molecule has 106 valence electrons. The lowest BCUT2D eigenvalue weighted by molar-refractivity contribution is -0.0870. The maximum atomic E-state index is 13.9. The highest BCUT2D eigenvalue weighted by Crippen LogP contribution is 2.21. The molecule has 1 aromatic carbocycles. The maximum Gasteiger partial charge on any atom is 0.131 e. The van der Waals surface area contributed by atoms with E-state index in [1.54, 1.807) is 12.1 Å². The van der Waals surface area contributed by atoms with E-state index in [2.05, 4.69) is 5.32 Å². The number of hydrogen-bond donors (Lipinski definition) is 1. The Balaban J connectivity index is 1.89. The topological polar surface area (TPSA) is 39.7 Å². The van der Waals surface area contributed by atoms with Gasteiger partial charge in [-0.25, -0.2) is 4.39 Å². The Morgan fingerprint density at radius 3 is 2.95 bits per heavy atom. The van der Waals surface area contributed by atoms with Crippen molar-refractivity contribution >= 4 is 0 Å². The van der Waals surface area contributed by atoms with E-state index in [1.165, 1.54) is 13.2 Å². The molecular weight excluding hydrogens is 249 g/mol. The van der Waals surface area contributed by atoms with Crippen LogP contribution in [0.15, 0.2) is 18.2 Å². The van der Waals surface area contributed by atoms with Gasteiger partial charge in [0.05, 0.1) is 33.0 Å². The summed E-state index contributed by atoms with van der Waals surface area (Å²) < 4.78 is 29.7. The number of halogens is 1.